The molecule has 0 spiro atoms. The van der Waals surface area contributed by atoms with Crippen LogP contribution in [0.25, 0.3) is 0 Å². The van der Waals surface area contributed by atoms with E-state index >= 15 is 0 Å². The number of hydrogen-bond donors (Lipinski definition) is 2. The summed E-state index contributed by atoms with van der Waals surface area (Å²) < 4.78 is 0. The fourth-order valence-electron chi connectivity index (χ4n) is 1.71. The Hall–Kier alpha value is -1.52. The van der Waals surface area contributed by atoms with Crippen molar-refractivity contribution in [3.8, 4) is 0 Å². The molecule has 0 heterocycles. The highest BCUT2D eigenvalue weighted by Crippen LogP contribution is 2.22. The van der Waals surface area contributed by atoms with Gasteiger partial charge in [-0.25, -0.2) is 9.59 Å². The highest BCUT2D eigenvalue weighted by Gasteiger charge is 2.04. The van der Waals surface area contributed by atoms with Gasteiger partial charge in [0.15, 0.2) is 0 Å². The van der Waals surface area contributed by atoms with E-state index in [9.17, 15) is 9.59 Å². The van der Waals surface area contributed by atoms with Crippen LogP contribution in [0.4, 0.5) is 0 Å². The zero-order valence-corrected chi connectivity index (χ0v) is 13.7. The number of hydrogen-bond acceptors (Lipinski definition) is 2. The maximum Gasteiger partial charge on any atom is 0.328 e. The summed E-state index contributed by atoms with van der Waals surface area (Å²) >= 11 is 11.4. The molecule has 22 heavy (non-hydrogen) atoms. The Morgan fingerprint density at radius 2 is 1.14 bits per heavy atom. The number of carboxylic acid groups (broad SMARTS) is 2. The summed E-state index contributed by atoms with van der Waals surface area (Å²) in [4.78, 5) is 21.1. The molecule has 4 nitrogen and oxygen atoms in total. The van der Waals surface area contributed by atoms with Gasteiger partial charge in [-0.2, -0.15) is 0 Å². The lowest BCUT2D eigenvalue weighted by Gasteiger charge is -2.10. The summed E-state index contributed by atoms with van der Waals surface area (Å²) in [5, 5.41) is 17.3. The molecule has 0 saturated heterocycles. The van der Waals surface area contributed by atoms with E-state index in [1.807, 2.05) is 0 Å². The van der Waals surface area contributed by atoms with Crippen molar-refractivity contribution >= 4 is 35.1 Å². The topological polar surface area (TPSA) is 74.6 Å². The van der Waals surface area contributed by atoms with Crippen molar-refractivity contribution < 1.29 is 19.8 Å². The van der Waals surface area contributed by atoms with Crippen LogP contribution in [0, 0.1) is 0 Å². The van der Waals surface area contributed by atoms with Crippen molar-refractivity contribution in [3.05, 3.63) is 47.6 Å². The molecule has 0 amide bonds. The predicted molar refractivity (Wildman–Crippen MR) is 89.6 cm³/mol. The molecule has 0 aromatic heterocycles. The Kier molecular flexibility index (Phi) is 12.3. The first kappa shape index (κ1) is 20.5. The molecule has 6 heteroatoms. The fraction of sp³-hybridized carbons (Fsp3) is 0.375. The zero-order chi connectivity index (χ0) is 16.8. The van der Waals surface area contributed by atoms with Gasteiger partial charge in [-0.05, 0) is 36.8 Å². The Morgan fingerprint density at radius 3 is 1.41 bits per heavy atom. The van der Waals surface area contributed by atoms with Crippen molar-refractivity contribution in [2.24, 2.45) is 0 Å². The molecule has 122 valence electrons. The molecule has 0 rings (SSSR count). The fourth-order valence-corrected chi connectivity index (χ4v) is 1.98. The van der Waals surface area contributed by atoms with Crippen LogP contribution in [0.1, 0.15) is 25.7 Å². The summed E-state index contributed by atoms with van der Waals surface area (Å²) in [6.45, 7) is 0. The van der Waals surface area contributed by atoms with Gasteiger partial charge in [0.25, 0.3) is 0 Å². The van der Waals surface area contributed by atoms with Crippen LogP contribution in [0.5, 0.6) is 0 Å². The second-order valence-electron chi connectivity index (χ2n) is 4.36. The first-order valence-corrected chi connectivity index (χ1v) is 7.90. The van der Waals surface area contributed by atoms with E-state index in [0.29, 0.717) is 24.6 Å². The molecule has 0 bridgehead atoms. The molecule has 0 saturated carbocycles. The Balaban J connectivity index is 5.31. The molecule has 0 aromatic rings. The van der Waals surface area contributed by atoms with Crippen molar-refractivity contribution in [3.63, 3.8) is 0 Å². The summed E-state index contributed by atoms with van der Waals surface area (Å²) in [6.07, 6.45) is 11.3. The summed E-state index contributed by atoms with van der Waals surface area (Å²) in [6, 6.07) is 0. The van der Waals surface area contributed by atoms with Crippen molar-refractivity contribution in [2.75, 3.05) is 11.8 Å². The lowest BCUT2D eigenvalue weighted by Crippen LogP contribution is -1.94. The van der Waals surface area contributed by atoms with Gasteiger partial charge in [-0.15, -0.1) is 23.2 Å². The smallest absolute Gasteiger partial charge is 0.328 e. The van der Waals surface area contributed by atoms with E-state index in [-0.39, 0.29) is 0 Å². The van der Waals surface area contributed by atoms with E-state index in [2.05, 4.69) is 0 Å². The van der Waals surface area contributed by atoms with Gasteiger partial charge in [0.2, 0.25) is 0 Å². The second kappa shape index (κ2) is 13.2. The van der Waals surface area contributed by atoms with Crippen molar-refractivity contribution in [2.45, 2.75) is 25.7 Å². The summed E-state index contributed by atoms with van der Waals surface area (Å²) in [7, 11) is 0. The van der Waals surface area contributed by atoms with Crippen molar-refractivity contribution in [1.29, 1.82) is 0 Å². The third kappa shape index (κ3) is 11.2. The Labute approximate surface area is 140 Å². The molecule has 0 unspecified atom stereocenters. The molecule has 0 radical (unpaired) electrons. The number of aliphatic carboxylic acids is 2. The van der Waals surface area contributed by atoms with Gasteiger partial charge >= 0.3 is 11.9 Å². The SMILES string of the molecule is O=C(O)/C=C/C=C(CCCCl)/C(=C/C=C/C(=O)O)CCCCl. The number of carboxylic acids is 2. The third-order valence-corrected chi connectivity index (χ3v) is 3.18. The van der Waals surface area contributed by atoms with Gasteiger partial charge in [0.1, 0.15) is 0 Å². The van der Waals surface area contributed by atoms with Crippen LogP contribution in [0.3, 0.4) is 0 Å². The minimum atomic E-state index is -1.02. The minimum Gasteiger partial charge on any atom is -0.478 e. The maximum atomic E-state index is 10.5. The average Bonchev–Trinajstić information content (AvgIpc) is 2.46. The lowest BCUT2D eigenvalue weighted by atomic mass is 9.96. The standard InChI is InChI=1S/C16H20Cl2O4/c17-11-3-7-13(5-1-9-15(19)20)14(8-4-12-18)6-2-10-16(21)22/h1-2,5-6,9-10H,3-4,7-8,11-12H2,(H,19,20)(H,21,22)/b9-1+,10-2+,13-5+,14-6+. The molecule has 0 aliphatic carbocycles. The monoisotopic (exact) mass is 346 g/mol. The molecule has 2 N–H and O–H groups in total. The van der Waals surface area contributed by atoms with Gasteiger partial charge in [0.05, 0.1) is 0 Å². The summed E-state index contributed by atoms with van der Waals surface area (Å²) in [5.41, 5.74) is 1.86. The van der Waals surface area contributed by atoms with Gasteiger partial charge in [-0.1, -0.05) is 24.3 Å². The number of rotatable bonds is 11. The van der Waals surface area contributed by atoms with Crippen LogP contribution in [0.2, 0.25) is 0 Å². The van der Waals surface area contributed by atoms with Gasteiger partial charge in [0, 0.05) is 23.9 Å². The largest absolute Gasteiger partial charge is 0.478 e. The number of halogens is 2. The highest BCUT2D eigenvalue weighted by atomic mass is 35.5. The number of allylic oxidation sites excluding steroid dienone is 6. The first-order chi connectivity index (χ1) is 10.5. The van der Waals surface area contributed by atoms with E-state index in [1.54, 1.807) is 12.2 Å². The molecule has 0 atom stereocenters. The number of carbonyl (C=O) groups is 2. The van der Waals surface area contributed by atoms with Gasteiger partial charge < -0.3 is 10.2 Å². The van der Waals surface area contributed by atoms with Crippen LogP contribution < -0.4 is 0 Å². The summed E-state index contributed by atoms with van der Waals surface area (Å²) in [5.74, 6) is -1.06. The Morgan fingerprint density at radius 1 is 0.773 bits per heavy atom. The van der Waals surface area contributed by atoms with Crippen LogP contribution >= 0.6 is 23.2 Å². The van der Waals surface area contributed by atoms with E-state index < -0.39 is 11.9 Å². The molecule has 0 aromatic carbocycles. The zero-order valence-electron chi connectivity index (χ0n) is 12.2. The third-order valence-electron chi connectivity index (χ3n) is 2.64. The molecular formula is C16H20Cl2O4. The molecule has 0 aliphatic heterocycles. The van der Waals surface area contributed by atoms with Gasteiger partial charge in [-0.3, -0.25) is 0 Å². The Bertz CT molecular complexity index is 433. The predicted octanol–water partition coefficient (Wildman–Crippen LogP) is 4.16. The van der Waals surface area contributed by atoms with E-state index in [4.69, 9.17) is 33.4 Å². The molecule has 0 aliphatic rings. The second-order valence-corrected chi connectivity index (χ2v) is 5.12. The van der Waals surface area contributed by atoms with Crippen LogP contribution in [-0.2, 0) is 9.59 Å². The van der Waals surface area contributed by atoms with Crippen molar-refractivity contribution in [1.82, 2.24) is 0 Å². The quantitative estimate of drug-likeness (QED) is 0.334. The average molecular weight is 347 g/mol. The molecular weight excluding hydrogens is 327 g/mol. The maximum absolute atomic E-state index is 10.5. The van der Waals surface area contributed by atoms with E-state index in [0.717, 1.165) is 36.1 Å². The van der Waals surface area contributed by atoms with E-state index in [1.165, 1.54) is 12.2 Å². The van der Waals surface area contributed by atoms with Crippen LogP contribution in [0.15, 0.2) is 47.6 Å². The molecule has 0 fully saturated rings. The normalized spacial score (nSPS) is 13.2. The minimum absolute atomic E-state index is 0.494. The first-order valence-electron chi connectivity index (χ1n) is 6.84. The number of alkyl halides is 2. The lowest BCUT2D eigenvalue weighted by molar-refractivity contribution is -0.132. The highest BCUT2D eigenvalue weighted by molar-refractivity contribution is 6.18. The van der Waals surface area contributed by atoms with Crippen LogP contribution in [-0.4, -0.2) is 33.9 Å².